The van der Waals surface area contributed by atoms with Crippen molar-refractivity contribution in [1.29, 1.82) is 0 Å². The fourth-order valence-electron chi connectivity index (χ4n) is 3.11. The molecule has 1 atom stereocenters. The van der Waals surface area contributed by atoms with Gasteiger partial charge in [0.15, 0.2) is 6.61 Å². The Kier molecular flexibility index (Phi) is 6.66. The molecule has 0 aliphatic carbocycles. The van der Waals surface area contributed by atoms with Gasteiger partial charge in [-0.15, -0.1) is 0 Å². The molecule has 2 aromatic carbocycles. The maximum atomic E-state index is 12.5. The Hall–Kier alpha value is -2.86. The van der Waals surface area contributed by atoms with Crippen LogP contribution >= 0.6 is 0 Å². The van der Waals surface area contributed by atoms with E-state index < -0.39 is 0 Å². The van der Waals surface area contributed by atoms with E-state index in [0.717, 1.165) is 30.6 Å². The first-order chi connectivity index (χ1) is 13.5. The predicted octanol–water partition coefficient (Wildman–Crippen LogP) is 3.23. The van der Waals surface area contributed by atoms with Crippen LogP contribution < -0.4 is 15.4 Å². The van der Waals surface area contributed by atoms with Crippen molar-refractivity contribution in [3.05, 3.63) is 59.2 Å². The van der Waals surface area contributed by atoms with Crippen LogP contribution in [0.1, 0.15) is 34.3 Å². The van der Waals surface area contributed by atoms with Crippen LogP contribution in [-0.2, 0) is 9.53 Å². The van der Waals surface area contributed by atoms with Gasteiger partial charge in [0.2, 0.25) is 0 Å². The number of nitrogens with one attached hydrogen (secondary N) is 2. The second kappa shape index (κ2) is 9.37. The molecule has 1 saturated heterocycles. The predicted molar refractivity (Wildman–Crippen MR) is 108 cm³/mol. The molecule has 1 unspecified atom stereocenters. The zero-order chi connectivity index (χ0) is 19.9. The summed E-state index contributed by atoms with van der Waals surface area (Å²) >= 11 is 0. The minimum atomic E-state index is -0.319. The van der Waals surface area contributed by atoms with E-state index in [1.54, 1.807) is 24.3 Å². The Morgan fingerprint density at radius 3 is 2.75 bits per heavy atom. The highest BCUT2D eigenvalue weighted by Crippen LogP contribution is 2.21. The summed E-state index contributed by atoms with van der Waals surface area (Å²) in [6, 6.07) is 12.7. The maximum absolute atomic E-state index is 12.5. The summed E-state index contributed by atoms with van der Waals surface area (Å²) in [6.45, 7) is 5.03. The van der Waals surface area contributed by atoms with Gasteiger partial charge in [0.25, 0.3) is 11.8 Å². The van der Waals surface area contributed by atoms with Crippen LogP contribution in [0.3, 0.4) is 0 Å². The van der Waals surface area contributed by atoms with Crippen LogP contribution in [0.15, 0.2) is 42.5 Å². The van der Waals surface area contributed by atoms with Gasteiger partial charge in [-0.25, -0.2) is 0 Å². The number of benzene rings is 2. The second-order valence-corrected chi connectivity index (χ2v) is 6.93. The first-order valence-corrected chi connectivity index (χ1v) is 9.52. The Balaban J connectivity index is 1.58. The molecule has 1 aliphatic heterocycles. The van der Waals surface area contributed by atoms with E-state index in [1.165, 1.54) is 0 Å². The van der Waals surface area contributed by atoms with E-state index in [2.05, 4.69) is 10.6 Å². The summed E-state index contributed by atoms with van der Waals surface area (Å²) in [6.07, 6.45) is 2.04. The Bertz CT molecular complexity index is 844. The zero-order valence-corrected chi connectivity index (χ0v) is 16.3. The molecule has 148 valence electrons. The number of anilines is 1. The Morgan fingerprint density at radius 1 is 1.14 bits per heavy atom. The quantitative estimate of drug-likeness (QED) is 0.771. The van der Waals surface area contributed by atoms with Crippen LogP contribution in [0.5, 0.6) is 5.75 Å². The van der Waals surface area contributed by atoms with Crippen molar-refractivity contribution in [3.63, 3.8) is 0 Å². The molecule has 2 amide bonds. The SMILES string of the molecule is Cc1cccc(OCC(=O)Nc2ccccc2C(=O)NCC2CCCO2)c1C. The number of amides is 2. The van der Waals surface area contributed by atoms with Gasteiger partial charge in [0.05, 0.1) is 17.4 Å². The first-order valence-electron chi connectivity index (χ1n) is 9.52. The number of para-hydroxylation sites is 1. The molecule has 2 N–H and O–H groups in total. The highest BCUT2D eigenvalue weighted by Gasteiger charge is 2.18. The van der Waals surface area contributed by atoms with Gasteiger partial charge in [-0.1, -0.05) is 24.3 Å². The van der Waals surface area contributed by atoms with Crippen LogP contribution in [0.2, 0.25) is 0 Å². The lowest BCUT2D eigenvalue weighted by molar-refractivity contribution is -0.118. The molecule has 2 aromatic rings. The van der Waals surface area contributed by atoms with Crippen LogP contribution in [0.25, 0.3) is 0 Å². The number of hydrogen-bond acceptors (Lipinski definition) is 4. The van der Waals surface area contributed by atoms with Crippen molar-refractivity contribution >= 4 is 17.5 Å². The molecule has 1 fully saturated rings. The molecule has 0 aromatic heterocycles. The van der Waals surface area contributed by atoms with Gasteiger partial charge in [-0.2, -0.15) is 0 Å². The Labute approximate surface area is 165 Å². The third kappa shape index (κ3) is 5.10. The van der Waals surface area contributed by atoms with Crippen molar-refractivity contribution < 1.29 is 19.1 Å². The monoisotopic (exact) mass is 382 g/mol. The summed E-state index contributed by atoms with van der Waals surface area (Å²) in [5.74, 6) is 0.125. The van der Waals surface area contributed by atoms with Gasteiger partial charge in [0.1, 0.15) is 5.75 Å². The number of rotatable bonds is 7. The molecule has 3 rings (SSSR count). The minimum Gasteiger partial charge on any atom is -0.483 e. The summed E-state index contributed by atoms with van der Waals surface area (Å²) in [7, 11) is 0. The van der Waals surface area contributed by atoms with E-state index >= 15 is 0 Å². The molecule has 0 bridgehead atoms. The summed E-state index contributed by atoms with van der Waals surface area (Å²) < 4.78 is 11.2. The van der Waals surface area contributed by atoms with E-state index in [-0.39, 0.29) is 24.5 Å². The van der Waals surface area contributed by atoms with Gasteiger partial charge in [-0.05, 0) is 56.0 Å². The molecular formula is C22H26N2O4. The van der Waals surface area contributed by atoms with Crippen LogP contribution in [0, 0.1) is 13.8 Å². The molecule has 6 nitrogen and oxygen atoms in total. The molecule has 1 heterocycles. The number of carbonyl (C=O) groups excluding carboxylic acids is 2. The third-order valence-electron chi connectivity index (χ3n) is 4.87. The van der Waals surface area contributed by atoms with Crippen molar-refractivity contribution in [2.45, 2.75) is 32.8 Å². The van der Waals surface area contributed by atoms with E-state index in [0.29, 0.717) is 23.5 Å². The first kappa shape index (κ1) is 19.9. The normalized spacial score (nSPS) is 15.9. The average molecular weight is 382 g/mol. The standard InChI is InChI=1S/C22H26N2O4/c1-15-7-5-11-20(16(15)2)28-14-21(25)24-19-10-4-3-9-18(19)22(26)23-13-17-8-6-12-27-17/h3-5,7,9-11,17H,6,8,12-14H2,1-2H3,(H,23,26)(H,24,25). The lowest BCUT2D eigenvalue weighted by Crippen LogP contribution is -2.32. The fourth-order valence-corrected chi connectivity index (χ4v) is 3.11. The molecule has 0 radical (unpaired) electrons. The van der Waals surface area contributed by atoms with Crippen molar-refractivity contribution in [3.8, 4) is 5.75 Å². The summed E-state index contributed by atoms with van der Waals surface area (Å²) in [4.78, 5) is 24.9. The topological polar surface area (TPSA) is 76.7 Å². The highest BCUT2D eigenvalue weighted by molar-refractivity contribution is 6.04. The molecule has 0 saturated carbocycles. The largest absolute Gasteiger partial charge is 0.483 e. The van der Waals surface area contributed by atoms with Crippen LogP contribution in [0.4, 0.5) is 5.69 Å². The molecule has 1 aliphatic rings. The van der Waals surface area contributed by atoms with Crippen LogP contribution in [-0.4, -0.2) is 37.7 Å². The number of hydrogen-bond donors (Lipinski definition) is 2. The van der Waals surface area contributed by atoms with E-state index in [9.17, 15) is 9.59 Å². The molecule has 0 spiro atoms. The summed E-state index contributed by atoms with van der Waals surface area (Å²) in [5.41, 5.74) is 2.98. The Morgan fingerprint density at radius 2 is 1.96 bits per heavy atom. The zero-order valence-electron chi connectivity index (χ0n) is 16.3. The number of aryl methyl sites for hydroxylation is 1. The van der Waals surface area contributed by atoms with Crippen molar-refractivity contribution in [2.24, 2.45) is 0 Å². The highest BCUT2D eigenvalue weighted by atomic mass is 16.5. The molecular weight excluding hydrogens is 356 g/mol. The third-order valence-corrected chi connectivity index (χ3v) is 4.87. The van der Waals surface area contributed by atoms with Gasteiger partial charge in [-0.3, -0.25) is 9.59 Å². The van der Waals surface area contributed by atoms with Gasteiger partial charge >= 0.3 is 0 Å². The minimum absolute atomic E-state index is 0.0664. The molecule has 6 heteroatoms. The summed E-state index contributed by atoms with van der Waals surface area (Å²) in [5, 5.41) is 5.65. The maximum Gasteiger partial charge on any atom is 0.262 e. The van der Waals surface area contributed by atoms with E-state index in [1.807, 2.05) is 32.0 Å². The van der Waals surface area contributed by atoms with E-state index in [4.69, 9.17) is 9.47 Å². The lowest BCUT2D eigenvalue weighted by atomic mass is 10.1. The van der Waals surface area contributed by atoms with Crippen molar-refractivity contribution in [1.82, 2.24) is 5.32 Å². The number of ether oxygens (including phenoxy) is 2. The van der Waals surface area contributed by atoms with Gasteiger partial charge in [0, 0.05) is 13.2 Å². The molecule has 28 heavy (non-hydrogen) atoms. The second-order valence-electron chi connectivity index (χ2n) is 6.93. The van der Waals surface area contributed by atoms with Crippen molar-refractivity contribution in [2.75, 3.05) is 25.1 Å². The smallest absolute Gasteiger partial charge is 0.262 e. The fraction of sp³-hybridized carbons (Fsp3) is 0.364. The average Bonchev–Trinajstić information content (AvgIpc) is 3.21. The lowest BCUT2D eigenvalue weighted by Gasteiger charge is -2.14. The van der Waals surface area contributed by atoms with Gasteiger partial charge < -0.3 is 20.1 Å². The number of carbonyl (C=O) groups is 2.